The maximum absolute atomic E-state index is 10.8. The second-order valence-corrected chi connectivity index (χ2v) is 5.32. The van der Waals surface area contributed by atoms with E-state index in [9.17, 15) is 4.79 Å². The summed E-state index contributed by atoms with van der Waals surface area (Å²) in [4.78, 5) is 18.5. The van der Waals surface area contributed by atoms with Gasteiger partial charge < -0.3 is 4.90 Å². The zero-order valence-electron chi connectivity index (χ0n) is 10.8. The largest absolute Gasteiger partial charge is 0.369 e. The van der Waals surface area contributed by atoms with E-state index in [0.29, 0.717) is 0 Å². The zero-order chi connectivity index (χ0) is 13.1. The van der Waals surface area contributed by atoms with Crippen molar-refractivity contribution in [2.75, 3.05) is 11.9 Å². The van der Waals surface area contributed by atoms with Crippen LogP contribution in [0.25, 0.3) is 0 Å². The molecule has 0 atom stereocenters. The van der Waals surface area contributed by atoms with E-state index < -0.39 is 0 Å². The summed E-state index contributed by atoms with van der Waals surface area (Å²) >= 11 is 1.68. The molecule has 0 saturated heterocycles. The Bertz CT molecular complexity index is 563. The van der Waals surface area contributed by atoms with Gasteiger partial charge in [-0.15, -0.1) is 11.3 Å². The molecule has 2 aromatic rings. The van der Waals surface area contributed by atoms with E-state index in [0.717, 1.165) is 35.3 Å². The van der Waals surface area contributed by atoms with Crippen LogP contribution in [0.1, 0.15) is 26.5 Å². The van der Waals surface area contributed by atoms with Crippen LogP contribution in [0.3, 0.4) is 0 Å². The summed E-state index contributed by atoms with van der Waals surface area (Å²) in [6, 6.07) is 5.89. The molecule has 1 heterocycles. The SMILES string of the molecule is Cc1cc(N(C)Cc2scnc2C)ccc1C=O. The number of nitrogens with zero attached hydrogens (tertiary/aromatic N) is 2. The molecule has 4 heteroatoms. The van der Waals surface area contributed by atoms with Crippen LogP contribution in [-0.4, -0.2) is 18.3 Å². The van der Waals surface area contributed by atoms with Crippen LogP contribution in [0.15, 0.2) is 23.7 Å². The van der Waals surface area contributed by atoms with Gasteiger partial charge in [-0.3, -0.25) is 4.79 Å². The molecule has 0 radical (unpaired) electrons. The number of aldehydes is 1. The molecule has 1 aromatic heterocycles. The van der Waals surface area contributed by atoms with Gasteiger partial charge in [0.25, 0.3) is 0 Å². The predicted molar refractivity (Wildman–Crippen MR) is 75.5 cm³/mol. The summed E-state index contributed by atoms with van der Waals surface area (Å²) in [7, 11) is 2.05. The fourth-order valence-corrected chi connectivity index (χ4v) is 2.64. The third-order valence-corrected chi connectivity index (χ3v) is 3.97. The molecule has 0 unspecified atom stereocenters. The second kappa shape index (κ2) is 5.31. The fraction of sp³-hybridized carbons (Fsp3) is 0.286. The van der Waals surface area contributed by atoms with Crippen LogP contribution < -0.4 is 4.90 Å². The summed E-state index contributed by atoms with van der Waals surface area (Å²) in [6.45, 7) is 4.83. The number of hydrogen-bond donors (Lipinski definition) is 0. The number of benzene rings is 1. The second-order valence-electron chi connectivity index (χ2n) is 4.38. The van der Waals surface area contributed by atoms with Crippen molar-refractivity contribution in [3.63, 3.8) is 0 Å². The van der Waals surface area contributed by atoms with E-state index >= 15 is 0 Å². The Labute approximate surface area is 111 Å². The van der Waals surface area contributed by atoms with Gasteiger partial charge in [0, 0.05) is 23.2 Å². The van der Waals surface area contributed by atoms with Gasteiger partial charge in [0.1, 0.15) is 6.29 Å². The number of carbonyl (C=O) groups is 1. The quantitative estimate of drug-likeness (QED) is 0.791. The normalized spacial score (nSPS) is 10.4. The fourth-order valence-electron chi connectivity index (χ4n) is 1.81. The molecule has 0 aliphatic heterocycles. The van der Waals surface area contributed by atoms with Crippen LogP contribution >= 0.6 is 11.3 Å². The summed E-state index contributed by atoms with van der Waals surface area (Å²) in [6.07, 6.45) is 0.895. The minimum absolute atomic E-state index is 0.751. The van der Waals surface area contributed by atoms with Crippen LogP contribution in [0, 0.1) is 13.8 Å². The van der Waals surface area contributed by atoms with E-state index in [1.165, 1.54) is 4.88 Å². The van der Waals surface area contributed by atoms with Gasteiger partial charge in [0.15, 0.2) is 0 Å². The van der Waals surface area contributed by atoms with Crippen molar-refractivity contribution in [1.29, 1.82) is 0 Å². The molecule has 94 valence electrons. The minimum Gasteiger partial charge on any atom is -0.369 e. The van der Waals surface area contributed by atoms with Crippen molar-refractivity contribution in [2.45, 2.75) is 20.4 Å². The first kappa shape index (κ1) is 12.8. The lowest BCUT2D eigenvalue weighted by molar-refractivity contribution is 0.112. The number of thiazole rings is 1. The standard InChI is InChI=1S/C14H16N2OS/c1-10-6-13(5-4-12(10)8-17)16(3)7-14-11(2)15-9-18-14/h4-6,8-9H,7H2,1-3H3. The van der Waals surface area contributed by atoms with Crippen LogP contribution in [0.4, 0.5) is 5.69 Å². The predicted octanol–water partition coefficient (Wildman–Crippen LogP) is 3.21. The summed E-state index contributed by atoms with van der Waals surface area (Å²) in [5.41, 5.74) is 5.84. The Kier molecular flexibility index (Phi) is 3.77. The Morgan fingerprint density at radius 1 is 1.39 bits per heavy atom. The number of carbonyl (C=O) groups excluding carboxylic acids is 1. The topological polar surface area (TPSA) is 33.2 Å². The highest BCUT2D eigenvalue weighted by Gasteiger charge is 2.08. The summed E-state index contributed by atoms with van der Waals surface area (Å²) < 4.78 is 0. The first-order valence-corrected chi connectivity index (χ1v) is 6.65. The lowest BCUT2D eigenvalue weighted by Gasteiger charge is -2.19. The molecule has 0 fully saturated rings. The number of anilines is 1. The van der Waals surface area contributed by atoms with Gasteiger partial charge in [-0.25, -0.2) is 4.98 Å². The highest BCUT2D eigenvalue weighted by atomic mass is 32.1. The van der Waals surface area contributed by atoms with Crippen LogP contribution in [-0.2, 0) is 6.54 Å². The average molecular weight is 260 g/mol. The maximum Gasteiger partial charge on any atom is 0.150 e. The van der Waals surface area contributed by atoms with Crippen molar-refractivity contribution in [2.24, 2.45) is 0 Å². The Morgan fingerprint density at radius 3 is 2.72 bits per heavy atom. The number of rotatable bonds is 4. The van der Waals surface area contributed by atoms with Gasteiger partial charge in [0.2, 0.25) is 0 Å². The molecule has 0 amide bonds. The first-order chi connectivity index (χ1) is 8.61. The van der Waals surface area contributed by atoms with Crippen molar-refractivity contribution in [1.82, 2.24) is 4.98 Å². The van der Waals surface area contributed by atoms with E-state index in [-0.39, 0.29) is 0 Å². The Morgan fingerprint density at radius 2 is 2.17 bits per heavy atom. The molecular formula is C14H16N2OS. The number of hydrogen-bond acceptors (Lipinski definition) is 4. The Hall–Kier alpha value is -1.68. The van der Waals surface area contributed by atoms with E-state index in [2.05, 4.69) is 16.9 Å². The molecule has 2 rings (SSSR count). The third kappa shape index (κ3) is 2.59. The highest BCUT2D eigenvalue weighted by Crippen LogP contribution is 2.21. The smallest absolute Gasteiger partial charge is 0.150 e. The van der Waals surface area contributed by atoms with Crippen molar-refractivity contribution < 1.29 is 4.79 Å². The van der Waals surface area contributed by atoms with Crippen molar-refractivity contribution >= 4 is 23.3 Å². The third-order valence-electron chi connectivity index (χ3n) is 3.05. The Balaban J connectivity index is 2.19. The average Bonchev–Trinajstić information content (AvgIpc) is 2.75. The molecule has 1 aromatic carbocycles. The van der Waals surface area contributed by atoms with Gasteiger partial charge in [0.05, 0.1) is 17.7 Å². The van der Waals surface area contributed by atoms with Crippen molar-refractivity contribution in [3.05, 3.63) is 45.4 Å². The zero-order valence-corrected chi connectivity index (χ0v) is 11.6. The lowest BCUT2D eigenvalue weighted by atomic mass is 10.1. The summed E-state index contributed by atoms with van der Waals surface area (Å²) in [5, 5.41) is 0. The number of aryl methyl sites for hydroxylation is 2. The van der Waals surface area contributed by atoms with Crippen LogP contribution in [0.2, 0.25) is 0 Å². The minimum atomic E-state index is 0.751. The van der Waals surface area contributed by atoms with Gasteiger partial charge in [-0.1, -0.05) is 0 Å². The van der Waals surface area contributed by atoms with E-state index in [1.54, 1.807) is 11.3 Å². The molecule has 0 aliphatic rings. The summed E-state index contributed by atoms with van der Waals surface area (Å²) in [5.74, 6) is 0. The van der Waals surface area contributed by atoms with Gasteiger partial charge in [-0.2, -0.15) is 0 Å². The van der Waals surface area contributed by atoms with Gasteiger partial charge >= 0.3 is 0 Å². The molecule has 3 nitrogen and oxygen atoms in total. The molecule has 0 bridgehead atoms. The molecule has 18 heavy (non-hydrogen) atoms. The molecule has 0 saturated carbocycles. The lowest BCUT2D eigenvalue weighted by Crippen LogP contribution is -2.16. The highest BCUT2D eigenvalue weighted by molar-refractivity contribution is 7.09. The van der Waals surface area contributed by atoms with Gasteiger partial charge in [-0.05, 0) is 37.6 Å². The number of aromatic nitrogens is 1. The van der Waals surface area contributed by atoms with E-state index in [1.807, 2.05) is 37.6 Å². The molecular weight excluding hydrogens is 244 g/mol. The molecule has 0 N–H and O–H groups in total. The monoisotopic (exact) mass is 260 g/mol. The molecule has 0 spiro atoms. The van der Waals surface area contributed by atoms with Crippen LogP contribution in [0.5, 0.6) is 0 Å². The molecule has 0 aliphatic carbocycles. The first-order valence-electron chi connectivity index (χ1n) is 5.77. The van der Waals surface area contributed by atoms with Crippen molar-refractivity contribution in [3.8, 4) is 0 Å². The maximum atomic E-state index is 10.8. The van der Waals surface area contributed by atoms with E-state index in [4.69, 9.17) is 0 Å².